The van der Waals surface area contributed by atoms with Gasteiger partial charge in [-0.05, 0) is 12.1 Å². The Bertz CT molecular complexity index is 595. The molecule has 88 valence electrons. The van der Waals surface area contributed by atoms with Crippen molar-refractivity contribution in [1.29, 1.82) is 0 Å². The summed E-state index contributed by atoms with van der Waals surface area (Å²) < 4.78 is 18.4. The molecule has 0 bridgehead atoms. The number of hydrogen-bond donors (Lipinski definition) is 1. The first-order chi connectivity index (χ1) is 8.08. The number of halogens is 3. The minimum Gasteiger partial charge on any atom is -0.430 e. The van der Waals surface area contributed by atoms with Crippen LogP contribution in [0.2, 0.25) is 10.2 Å². The molecule has 1 heterocycles. The fraction of sp³-hybridized carbons (Fsp3) is 0. The van der Waals surface area contributed by atoms with Crippen LogP contribution < -0.4 is 10.2 Å². The molecule has 7 heteroatoms. The number of nitrogens with zero attached hydrogens (tertiary/aromatic N) is 1. The second-order valence-electron chi connectivity index (χ2n) is 3.04. The van der Waals surface area contributed by atoms with Crippen LogP contribution in [0, 0.1) is 5.82 Å². The molecule has 0 aliphatic carbocycles. The van der Waals surface area contributed by atoms with Crippen LogP contribution in [0.15, 0.2) is 29.1 Å². The van der Waals surface area contributed by atoms with E-state index < -0.39 is 11.2 Å². The van der Waals surface area contributed by atoms with Crippen LogP contribution in [0.5, 0.6) is 11.6 Å². The first kappa shape index (κ1) is 11.9. The van der Waals surface area contributed by atoms with E-state index in [0.717, 1.165) is 12.1 Å². The molecule has 0 radical (unpaired) electrons. The fourth-order valence-corrected chi connectivity index (χ4v) is 1.46. The maximum Gasteiger partial charge on any atom is 0.285 e. The smallest absolute Gasteiger partial charge is 0.285 e. The van der Waals surface area contributed by atoms with Gasteiger partial charge in [0.2, 0.25) is 5.43 Å². The predicted molar refractivity (Wildman–Crippen MR) is 61.4 cm³/mol. The molecule has 0 saturated carbocycles. The lowest BCUT2D eigenvalue weighted by Crippen LogP contribution is -2.08. The zero-order valence-electron chi connectivity index (χ0n) is 8.21. The van der Waals surface area contributed by atoms with Crippen LogP contribution in [-0.2, 0) is 0 Å². The largest absolute Gasteiger partial charge is 0.430 e. The van der Waals surface area contributed by atoms with Gasteiger partial charge in [-0.2, -0.15) is 0 Å². The molecule has 0 fully saturated rings. The summed E-state index contributed by atoms with van der Waals surface area (Å²) in [4.78, 5) is 11.4. The maximum absolute atomic E-state index is 13.4. The summed E-state index contributed by atoms with van der Waals surface area (Å²) in [6, 6.07) is 5.08. The monoisotopic (exact) mass is 274 g/mol. The maximum atomic E-state index is 13.4. The third kappa shape index (κ3) is 2.57. The van der Waals surface area contributed by atoms with Gasteiger partial charge in [0.25, 0.3) is 5.88 Å². The molecule has 1 aromatic carbocycles. The van der Waals surface area contributed by atoms with E-state index in [9.17, 15) is 9.18 Å². The Hall–Kier alpha value is -1.59. The van der Waals surface area contributed by atoms with Gasteiger partial charge >= 0.3 is 0 Å². The van der Waals surface area contributed by atoms with Crippen molar-refractivity contribution < 1.29 is 9.13 Å². The van der Waals surface area contributed by atoms with E-state index in [1.165, 1.54) is 12.1 Å². The van der Waals surface area contributed by atoms with Crippen LogP contribution in [-0.4, -0.2) is 10.2 Å². The highest BCUT2D eigenvalue weighted by Gasteiger charge is 2.12. The van der Waals surface area contributed by atoms with Gasteiger partial charge in [-0.15, -0.1) is 5.10 Å². The molecule has 4 nitrogen and oxygen atoms in total. The van der Waals surface area contributed by atoms with Crippen LogP contribution in [0.4, 0.5) is 4.39 Å². The quantitative estimate of drug-likeness (QED) is 0.916. The van der Waals surface area contributed by atoms with E-state index in [0.29, 0.717) is 0 Å². The molecule has 0 saturated heterocycles. The van der Waals surface area contributed by atoms with Gasteiger partial charge in [0.05, 0.1) is 5.02 Å². The first-order valence-electron chi connectivity index (χ1n) is 4.45. The van der Waals surface area contributed by atoms with Crippen molar-refractivity contribution in [3.05, 3.63) is 50.5 Å². The Morgan fingerprint density at radius 1 is 1.35 bits per heavy atom. The fourth-order valence-electron chi connectivity index (χ4n) is 1.12. The lowest BCUT2D eigenvalue weighted by molar-refractivity contribution is 0.418. The third-order valence-corrected chi connectivity index (χ3v) is 2.34. The molecule has 2 aromatic rings. The van der Waals surface area contributed by atoms with E-state index in [4.69, 9.17) is 27.9 Å². The highest BCUT2D eigenvalue weighted by atomic mass is 35.5. The average molecular weight is 275 g/mol. The van der Waals surface area contributed by atoms with Gasteiger partial charge < -0.3 is 4.74 Å². The van der Waals surface area contributed by atoms with Crippen molar-refractivity contribution in [2.24, 2.45) is 0 Å². The summed E-state index contributed by atoms with van der Waals surface area (Å²) in [5.74, 6) is -1.27. The normalized spacial score (nSPS) is 10.3. The number of H-pyrrole nitrogens is 1. The minimum absolute atomic E-state index is 0.0427. The minimum atomic E-state index is -0.686. The van der Waals surface area contributed by atoms with Crippen molar-refractivity contribution in [3.63, 3.8) is 0 Å². The summed E-state index contributed by atoms with van der Waals surface area (Å²) >= 11 is 11.2. The number of ether oxygens (including phenoxy) is 1. The summed E-state index contributed by atoms with van der Waals surface area (Å²) in [5, 5.41) is 5.96. The number of para-hydroxylation sites is 1. The summed E-state index contributed by atoms with van der Waals surface area (Å²) in [6.45, 7) is 0. The Morgan fingerprint density at radius 3 is 2.76 bits per heavy atom. The molecule has 0 atom stereocenters. The molecule has 0 aliphatic rings. The zero-order valence-corrected chi connectivity index (χ0v) is 9.72. The number of benzene rings is 1. The Labute approximate surface area is 105 Å². The molecule has 0 aliphatic heterocycles. The van der Waals surface area contributed by atoms with Gasteiger partial charge in [0.1, 0.15) is 5.15 Å². The molecule has 1 aromatic heterocycles. The average Bonchev–Trinajstić information content (AvgIpc) is 2.26. The van der Waals surface area contributed by atoms with Crippen molar-refractivity contribution in [2.75, 3.05) is 0 Å². The molecule has 0 amide bonds. The van der Waals surface area contributed by atoms with Crippen LogP contribution in [0.1, 0.15) is 0 Å². The molecular formula is C10H5Cl2FN2O2. The third-order valence-electron chi connectivity index (χ3n) is 1.85. The molecule has 17 heavy (non-hydrogen) atoms. The highest BCUT2D eigenvalue weighted by molar-refractivity contribution is 6.32. The SMILES string of the molecule is O=c1cc(Cl)[nH]nc1Oc1c(F)cccc1Cl. The van der Waals surface area contributed by atoms with Crippen molar-refractivity contribution >= 4 is 23.2 Å². The van der Waals surface area contributed by atoms with E-state index in [1.807, 2.05) is 0 Å². The van der Waals surface area contributed by atoms with Crippen molar-refractivity contribution in [2.45, 2.75) is 0 Å². The van der Waals surface area contributed by atoms with E-state index in [2.05, 4.69) is 10.2 Å². The van der Waals surface area contributed by atoms with Gasteiger partial charge in [-0.25, -0.2) is 4.39 Å². The van der Waals surface area contributed by atoms with Crippen LogP contribution in [0.3, 0.4) is 0 Å². The lowest BCUT2D eigenvalue weighted by Gasteiger charge is -2.06. The number of aromatic nitrogens is 2. The van der Waals surface area contributed by atoms with Crippen molar-refractivity contribution in [3.8, 4) is 11.6 Å². The second-order valence-corrected chi connectivity index (χ2v) is 3.85. The van der Waals surface area contributed by atoms with E-state index >= 15 is 0 Å². The predicted octanol–water partition coefficient (Wildman–Crippen LogP) is 3.01. The lowest BCUT2D eigenvalue weighted by atomic mass is 10.3. The van der Waals surface area contributed by atoms with Gasteiger partial charge in [-0.1, -0.05) is 29.3 Å². The summed E-state index contributed by atoms with van der Waals surface area (Å²) in [7, 11) is 0. The van der Waals surface area contributed by atoms with E-state index in [-0.39, 0.29) is 21.8 Å². The van der Waals surface area contributed by atoms with Crippen LogP contribution >= 0.6 is 23.2 Å². The Balaban J connectivity index is 2.42. The van der Waals surface area contributed by atoms with E-state index in [1.54, 1.807) is 0 Å². The molecule has 1 N–H and O–H groups in total. The van der Waals surface area contributed by atoms with Gasteiger partial charge in [-0.3, -0.25) is 9.89 Å². The molecule has 2 rings (SSSR count). The topological polar surface area (TPSA) is 55.0 Å². The first-order valence-corrected chi connectivity index (χ1v) is 5.20. The second kappa shape index (κ2) is 4.73. The number of rotatable bonds is 2. The summed E-state index contributed by atoms with van der Waals surface area (Å²) in [6.07, 6.45) is 0. The molecule has 0 spiro atoms. The summed E-state index contributed by atoms with van der Waals surface area (Å²) in [5.41, 5.74) is -0.576. The molecule has 0 unspecified atom stereocenters. The van der Waals surface area contributed by atoms with Gasteiger partial charge in [0, 0.05) is 6.07 Å². The number of hydrogen-bond acceptors (Lipinski definition) is 3. The van der Waals surface area contributed by atoms with Gasteiger partial charge in [0.15, 0.2) is 11.6 Å². The Kier molecular flexibility index (Phi) is 3.31. The standard InChI is InChI=1S/C10H5Cl2FN2O2/c11-5-2-1-3-6(13)9(5)17-10-7(16)4-8(12)14-15-10/h1-4H,(H,14,16). The van der Waals surface area contributed by atoms with Crippen LogP contribution in [0.25, 0.3) is 0 Å². The van der Waals surface area contributed by atoms with Crippen molar-refractivity contribution in [1.82, 2.24) is 10.2 Å². The Morgan fingerprint density at radius 2 is 2.12 bits per heavy atom. The number of aromatic amines is 1. The molecular weight excluding hydrogens is 270 g/mol. The zero-order chi connectivity index (χ0) is 12.4. The number of nitrogens with one attached hydrogen (secondary N) is 1. The highest BCUT2D eigenvalue weighted by Crippen LogP contribution is 2.29.